The van der Waals surface area contributed by atoms with Crippen LogP contribution in [0.15, 0.2) is 60.7 Å². The number of amides is 2. The molecule has 2 heterocycles. The lowest BCUT2D eigenvalue weighted by atomic mass is 10.0. The molecule has 0 bridgehead atoms. The summed E-state index contributed by atoms with van der Waals surface area (Å²) < 4.78 is 86.4. The van der Waals surface area contributed by atoms with E-state index in [0.29, 0.717) is 28.5 Å². The molecular formula is C24H14ClF6N3O2. The van der Waals surface area contributed by atoms with Gasteiger partial charge in [-0.3, -0.25) is 5.43 Å². The van der Waals surface area contributed by atoms with Crippen molar-refractivity contribution in [3.05, 3.63) is 94.0 Å². The van der Waals surface area contributed by atoms with Gasteiger partial charge >= 0.3 is 18.1 Å². The van der Waals surface area contributed by atoms with Crippen molar-refractivity contribution in [3.63, 3.8) is 0 Å². The molecule has 2 aliphatic heterocycles. The molecule has 0 saturated carbocycles. The van der Waals surface area contributed by atoms with E-state index >= 15 is 0 Å². The largest absolute Gasteiger partial charge is 0.469 e. The minimum absolute atomic E-state index is 0.0554. The van der Waals surface area contributed by atoms with E-state index in [0.717, 1.165) is 11.1 Å². The van der Waals surface area contributed by atoms with E-state index in [4.69, 9.17) is 11.6 Å². The zero-order chi connectivity index (χ0) is 25.8. The van der Waals surface area contributed by atoms with Gasteiger partial charge in [-0.25, -0.2) is 18.6 Å². The van der Waals surface area contributed by atoms with Crippen LogP contribution in [0.5, 0.6) is 5.75 Å². The molecule has 5 nitrogen and oxygen atoms in total. The number of alkyl halides is 4. The minimum atomic E-state index is -4.80. The first kappa shape index (κ1) is 23.9. The average Bonchev–Trinajstić information content (AvgIpc) is 3.33. The molecule has 36 heavy (non-hydrogen) atoms. The molecule has 0 unspecified atom stereocenters. The number of carbonyl (C=O) groups is 1. The van der Waals surface area contributed by atoms with Crippen molar-refractivity contribution in [2.75, 3.05) is 11.9 Å². The Morgan fingerprint density at radius 1 is 0.944 bits per heavy atom. The topological polar surface area (TPSA) is 53.6 Å². The highest BCUT2D eigenvalue weighted by Crippen LogP contribution is 2.56. The van der Waals surface area contributed by atoms with Gasteiger partial charge in [-0.2, -0.15) is 17.6 Å². The third kappa shape index (κ3) is 3.98. The summed E-state index contributed by atoms with van der Waals surface area (Å²) in [7, 11) is 0. The van der Waals surface area contributed by atoms with Gasteiger partial charge in [0, 0.05) is 11.3 Å². The van der Waals surface area contributed by atoms with Gasteiger partial charge in [-0.1, -0.05) is 23.7 Å². The van der Waals surface area contributed by atoms with Gasteiger partial charge in [0.1, 0.15) is 11.6 Å². The number of nitrogens with one attached hydrogen (secondary N) is 2. The molecule has 3 aromatic rings. The van der Waals surface area contributed by atoms with Crippen LogP contribution in [0.1, 0.15) is 16.7 Å². The summed E-state index contributed by atoms with van der Waals surface area (Å²) in [5, 5.41) is 2.89. The number of hydrazine groups is 1. The maximum Gasteiger partial charge on any atom is 0.469 e. The predicted molar refractivity (Wildman–Crippen MR) is 119 cm³/mol. The normalized spacial score (nSPS) is 17.5. The summed E-state index contributed by atoms with van der Waals surface area (Å²) in [5.41, 5.74) is 3.49. The molecule has 0 fully saturated rings. The van der Waals surface area contributed by atoms with Gasteiger partial charge < -0.3 is 10.1 Å². The molecule has 0 saturated heterocycles. The fourth-order valence-corrected chi connectivity index (χ4v) is 4.14. The number of hydrogen-bond acceptors (Lipinski definition) is 3. The van der Waals surface area contributed by atoms with E-state index in [1.807, 2.05) is 0 Å². The first-order valence-corrected chi connectivity index (χ1v) is 10.7. The second-order valence-electron chi connectivity index (χ2n) is 8.02. The van der Waals surface area contributed by atoms with Crippen LogP contribution in [0.4, 0.5) is 36.8 Å². The fourth-order valence-electron chi connectivity index (χ4n) is 3.89. The second-order valence-corrected chi connectivity index (χ2v) is 8.43. The van der Waals surface area contributed by atoms with Crippen molar-refractivity contribution >= 4 is 34.6 Å². The highest BCUT2D eigenvalue weighted by atomic mass is 35.5. The van der Waals surface area contributed by atoms with Crippen LogP contribution in [0.3, 0.4) is 0 Å². The summed E-state index contributed by atoms with van der Waals surface area (Å²) in [6.07, 6.45) is -4.80. The van der Waals surface area contributed by atoms with E-state index in [-0.39, 0.29) is 12.2 Å². The number of anilines is 1. The number of ether oxygens (including phenoxy) is 1. The van der Waals surface area contributed by atoms with Gasteiger partial charge in [0.25, 0.3) is 0 Å². The first-order valence-electron chi connectivity index (χ1n) is 10.3. The van der Waals surface area contributed by atoms with Crippen molar-refractivity contribution in [2.24, 2.45) is 0 Å². The number of fused-ring (bicyclic) bond motifs is 1. The molecule has 186 valence electrons. The highest BCUT2D eigenvalue weighted by Gasteiger charge is 2.67. The molecule has 0 radical (unpaired) electrons. The Balaban J connectivity index is 1.43. The number of halogens is 7. The molecule has 5 rings (SSSR count). The Morgan fingerprint density at radius 2 is 1.53 bits per heavy atom. The quantitative estimate of drug-likeness (QED) is 0.378. The van der Waals surface area contributed by atoms with Gasteiger partial charge in [-0.05, 0) is 59.7 Å². The van der Waals surface area contributed by atoms with Crippen molar-refractivity contribution in [1.29, 1.82) is 0 Å². The standard InChI is InChI=1S/C24H14ClF6N3O2/c25-19-10-16(9-18-21(19)36-24(30,31)23(18,28)29)32-22(35)34-11-17(12-1-5-14(26)6-2-12)20(33-34)13-3-7-15(27)8-4-13/h1-10,33H,11H2,(H,32,35). The summed E-state index contributed by atoms with van der Waals surface area (Å²) in [6.45, 7) is -0.0554. The third-order valence-electron chi connectivity index (χ3n) is 5.66. The highest BCUT2D eigenvalue weighted by molar-refractivity contribution is 6.32. The Labute approximate surface area is 204 Å². The predicted octanol–water partition coefficient (Wildman–Crippen LogP) is 6.62. The lowest BCUT2D eigenvalue weighted by Crippen LogP contribution is -2.40. The molecular weight excluding hydrogens is 512 g/mol. The van der Waals surface area contributed by atoms with Gasteiger partial charge in [-0.15, -0.1) is 0 Å². The van der Waals surface area contributed by atoms with Crippen LogP contribution in [0, 0.1) is 11.6 Å². The SMILES string of the molecule is O=C(Nc1cc(Cl)c2c(c1)C(F)(F)C(F)(F)O2)N1CC(c2ccc(F)cc2)=C(c2ccc(F)cc2)N1. The number of benzene rings is 3. The monoisotopic (exact) mass is 525 g/mol. The Bertz CT molecular complexity index is 1340. The average molecular weight is 526 g/mol. The van der Waals surface area contributed by atoms with Crippen LogP contribution >= 0.6 is 11.6 Å². The fraction of sp³-hybridized carbons (Fsp3) is 0.125. The van der Waals surface area contributed by atoms with Crippen LogP contribution in [0.2, 0.25) is 5.02 Å². The minimum Gasteiger partial charge on any atom is -0.426 e. The van der Waals surface area contributed by atoms with Gasteiger partial charge in [0.2, 0.25) is 0 Å². The molecule has 0 aliphatic carbocycles. The van der Waals surface area contributed by atoms with Crippen LogP contribution in [0.25, 0.3) is 11.3 Å². The van der Waals surface area contributed by atoms with Crippen LogP contribution in [-0.2, 0) is 5.92 Å². The lowest BCUT2D eigenvalue weighted by molar-refractivity contribution is -0.296. The molecule has 2 aliphatic rings. The molecule has 0 aromatic heterocycles. The zero-order valence-electron chi connectivity index (χ0n) is 17.9. The van der Waals surface area contributed by atoms with Crippen molar-refractivity contribution in [1.82, 2.24) is 10.4 Å². The Morgan fingerprint density at radius 3 is 2.14 bits per heavy atom. The molecule has 0 spiro atoms. The number of rotatable bonds is 3. The molecule has 12 heteroatoms. The third-order valence-corrected chi connectivity index (χ3v) is 5.95. The number of nitrogens with zero attached hydrogens (tertiary/aromatic N) is 1. The maximum absolute atomic E-state index is 14.1. The molecule has 2 N–H and O–H groups in total. The first-order chi connectivity index (χ1) is 17.0. The second kappa shape index (κ2) is 8.37. The lowest BCUT2D eigenvalue weighted by Gasteiger charge is -2.20. The van der Waals surface area contributed by atoms with Gasteiger partial charge in [0.05, 0.1) is 22.8 Å². The van der Waals surface area contributed by atoms with Crippen molar-refractivity contribution in [2.45, 2.75) is 12.0 Å². The smallest absolute Gasteiger partial charge is 0.426 e. The van der Waals surface area contributed by atoms with Crippen molar-refractivity contribution < 1.29 is 35.9 Å². The maximum atomic E-state index is 14.1. The summed E-state index contributed by atoms with van der Waals surface area (Å²) >= 11 is 5.86. The Hall–Kier alpha value is -3.86. The van der Waals surface area contributed by atoms with E-state index in [1.54, 1.807) is 0 Å². The molecule has 2 amide bonds. The Kier molecular flexibility index (Phi) is 5.55. The van der Waals surface area contributed by atoms with E-state index in [1.165, 1.54) is 48.5 Å². The number of carbonyl (C=O) groups excluding carboxylic acids is 1. The number of urea groups is 1. The summed E-state index contributed by atoms with van der Waals surface area (Å²) in [5.74, 6) is -6.48. The summed E-state index contributed by atoms with van der Waals surface area (Å²) in [4.78, 5) is 13.0. The number of hydrogen-bond donors (Lipinski definition) is 2. The van der Waals surface area contributed by atoms with Crippen molar-refractivity contribution in [3.8, 4) is 5.75 Å². The van der Waals surface area contributed by atoms with Crippen LogP contribution < -0.4 is 15.5 Å². The molecule has 3 aromatic carbocycles. The van der Waals surface area contributed by atoms with Gasteiger partial charge in [0.15, 0.2) is 5.75 Å². The van der Waals surface area contributed by atoms with Crippen LogP contribution in [-0.4, -0.2) is 23.7 Å². The van der Waals surface area contributed by atoms with E-state index in [2.05, 4.69) is 15.5 Å². The molecule has 0 atom stereocenters. The summed E-state index contributed by atoms with van der Waals surface area (Å²) in [6, 6.07) is 11.7. The zero-order valence-corrected chi connectivity index (χ0v) is 18.6. The van der Waals surface area contributed by atoms with E-state index in [9.17, 15) is 31.1 Å². The van der Waals surface area contributed by atoms with E-state index < -0.39 is 46.0 Å².